The van der Waals surface area contributed by atoms with Gasteiger partial charge in [-0.15, -0.1) is 0 Å². The van der Waals surface area contributed by atoms with Crippen LogP contribution in [-0.4, -0.2) is 57.2 Å². The Morgan fingerprint density at radius 3 is 2.62 bits per heavy atom. The second-order valence-corrected chi connectivity index (χ2v) is 16.7. The van der Waals surface area contributed by atoms with Gasteiger partial charge in [0.05, 0.1) is 13.2 Å². The van der Waals surface area contributed by atoms with E-state index >= 15 is 0 Å². The lowest BCUT2D eigenvalue weighted by Gasteiger charge is -2.28. The van der Waals surface area contributed by atoms with Gasteiger partial charge in [-0.1, -0.05) is 55.7 Å². The van der Waals surface area contributed by atoms with E-state index in [-0.39, 0.29) is 66.5 Å². The molecule has 0 spiro atoms. The molecule has 0 amide bonds. The molecule has 4 aromatic rings. The van der Waals surface area contributed by atoms with Gasteiger partial charge >= 0.3 is 0 Å². The predicted octanol–water partition coefficient (Wildman–Crippen LogP) is 8.88. The van der Waals surface area contributed by atoms with Gasteiger partial charge in [-0.2, -0.15) is 0 Å². The first kappa shape index (κ1) is 43.4. The number of methoxy groups -OCH3 is 1. The number of ketones is 1. The second-order valence-electron chi connectivity index (χ2n) is 16.7. The fourth-order valence-corrected chi connectivity index (χ4v) is 8.86. The molecule has 10 nitrogen and oxygen atoms in total. The van der Waals surface area contributed by atoms with Gasteiger partial charge in [0, 0.05) is 54.1 Å². The molecule has 6 N–H and O–H groups in total. The normalized spacial score (nSPS) is 20.5. The highest BCUT2D eigenvalue weighted by Gasteiger charge is 2.28. The number of nitrogens with one attached hydrogen (secondary N) is 1. The Labute approximate surface area is 358 Å². The smallest absolute Gasteiger partial charge is 0.178 e. The van der Waals surface area contributed by atoms with Crippen LogP contribution in [0.25, 0.3) is 16.8 Å². The highest BCUT2D eigenvalue weighted by molar-refractivity contribution is 6.01. The third kappa shape index (κ3) is 10.6. The number of allylic oxidation sites excluding steroid dienone is 4. The van der Waals surface area contributed by atoms with Crippen LogP contribution in [0.3, 0.4) is 0 Å². The van der Waals surface area contributed by atoms with E-state index in [1.165, 1.54) is 5.56 Å². The van der Waals surface area contributed by atoms with Gasteiger partial charge in [-0.3, -0.25) is 4.79 Å². The van der Waals surface area contributed by atoms with E-state index in [1.54, 1.807) is 32.2 Å². The number of aliphatic hydroxyl groups is 4. The highest BCUT2D eigenvalue weighted by atomic mass is 16.5. The number of rotatable bonds is 12. The number of unbranched alkanes of at least 4 members (excludes halogenated alkanes) is 1. The molecule has 0 aromatic heterocycles. The summed E-state index contributed by atoms with van der Waals surface area (Å²) < 4.78 is 18.3. The summed E-state index contributed by atoms with van der Waals surface area (Å²) in [6.45, 7) is 4.31. The number of fused-ring (bicyclic) bond motifs is 9. The van der Waals surface area contributed by atoms with Crippen LogP contribution in [0.5, 0.6) is 17.2 Å². The number of Topliss-reactive ketones (excluding diaryl/α,β-unsaturated/α-hetero) is 1. The fourth-order valence-electron chi connectivity index (χ4n) is 8.86. The zero-order valence-electron chi connectivity index (χ0n) is 35.2. The van der Waals surface area contributed by atoms with Crippen LogP contribution in [0.4, 0.5) is 5.69 Å². The molecule has 2 heterocycles. The molecule has 0 saturated carbocycles. The average molecular weight is 828 g/mol. The summed E-state index contributed by atoms with van der Waals surface area (Å²) in [5, 5.41) is 57.9. The Hall–Kier alpha value is -5.73. The van der Waals surface area contributed by atoms with Gasteiger partial charge in [0.2, 0.25) is 0 Å². The van der Waals surface area contributed by atoms with Gasteiger partial charge in [-0.25, -0.2) is 0 Å². The molecule has 0 radical (unpaired) electrons. The summed E-state index contributed by atoms with van der Waals surface area (Å²) in [5.74, 6) is 4.35. The summed E-state index contributed by atoms with van der Waals surface area (Å²) in [6, 6.07) is 17.3. The first-order chi connectivity index (χ1) is 29.5. The first-order valence-corrected chi connectivity index (χ1v) is 21.4. The number of aliphatic hydroxyl groups excluding tert-OH is 3. The number of carbonyl (C=O) groups excluding carboxylic acids is 1. The number of hydrogen-bond acceptors (Lipinski definition) is 10. The van der Waals surface area contributed by atoms with Crippen molar-refractivity contribution in [2.45, 2.75) is 103 Å². The number of phenolic OH excluding ortho intramolecular Hbond substituents is 1. The van der Waals surface area contributed by atoms with Gasteiger partial charge in [0.25, 0.3) is 0 Å². The third-order valence-electron chi connectivity index (χ3n) is 12.1. The van der Waals surface area contributed by atoms with Crippen LogP contribution in [0.15, 0.2) is 84.7 Å². The van der Waals surface area contributed by atoms with Crippen molar-refractivity contribution >= 4 is 28.3 Å². The van der Waals surface area contributed by atoms with Crippen molar-refractivity contribution in [2.75, 3.05) is 19.0 Å². The zero-order valence-corrected chi connectivity index (χ0v) is 35.2. The van der Waals surface area contributed by atoms with Crippen LogP contribution in [-0.2, 0) is 35.4 Å². The molecule has 61 heavy (non-hydrogen) atoms. The van der Waals surface area contributed by atoms with Crippen molar-refractivity contribution in [1.29, 1.82) is 0 Å². The molecule has 4 aromatic carbocycles. The number of carbonyl (C=O) groups is 1. The number of benzene rings is 4. The second kappa shape index (κ2) is 19.8. The summed E-state index contributed by atoms with van der Waals surface area (Å²) in [7, 11) is 1.56. The minimum atomic E-state index is -1.82. The van der Waals surface area contributed by atoms with Crippen LogP contribution in [0.2, 0.25) is 0 Å². The average Bonchev–Trinajstić information content (AvgIpc) is 3.24. The summed E-state index contributed by atoms with van der Waals surface area (Å²) in [4.78, 5) is 13.7. The Morgan fingerprint density at radius 1 is 0.967 bits per heavy atom. The van der Waals surface area contributed by atoms with E-state index in [2.05, 4.69) is 35.6 Å². The monoisotopic (exact) mass is 827 g/mol. The molecule has 5 unspecified atom stereocenters. The van der Waals surface area contributed by atoms with Gasteiger partial charge in [-0.05, 0) is 132 Å². The Morgan fingerprint density at radius 2 is 1.82 bits per heavy atom. The number of anilines is 1. The van der Waals surface area contributed by atoms with Crippen molar-refractivity contribution < 1.29 is 44.5 Å². The predicted molar refractivity (Wildman–Crippen MR) is 237 cm³/mol. The van der Waals surface area contributed by atoms with E-state index in [0.717, 1.165) is 53.4 Å². The molecule has 5 atom stereocenters. The van der Waals surface area contributed by atoms with Crippen molar-refractivity contribution in [3.8, 4) is 29.3 Å². The van der Waals surface area contributed by atoms with Crippen molar-refractivity contribution in [2.24, 2.45) is 11.8 Å². The molecule has 0 fully saturated rings. The maximum atomic E-state index is 13.7. The lowest BCUT2D eigenvalue weighted by molar-refractivity contribution is -0.121. The highest BCUT2D eigenvalue weighted by Crippen LogP contribution is 2.44. The van der Waals surface area contributed by atoms with Crippen LogP contribution in [0.1, 0.15) is 104 Å². The van der Waals surface area contributed by atoms with Crippen LogP contribution >= 0.6 is 0 Å². The Balaban J connectivity index is 1.15. The van der Waals surface area contributed by atoms with Crippen LogP contribution < -0.4 is 14.8 Å². The first-order valence-electron chi connectivity index (χ1n) is 21.4. The number of aromatic hydroxyl groups is 1. The van der Waals surface area contributed by atoms with E-state index in [0.29, 0.717) is 47.4 Å². The largest absolute Gasteiger partial charge is 0.508 e. The molecule has 0 saturated heterocycles. The number of phenols is 1. The number of ether oxygens (including phenoxy) is 3. The molecular weight excluding hydrogens is 771 g/mol. The van der Waals surface area contributed by atoms with Gasteiger partial charge < -0.3 is 45.1 Å². The molecule has 2 aliphatic heterocycles. The molecule has 10 heteroatoms. The fraction of sp³-hybridized carbons (Fsp3) is 0.392. The van der Waals surface area contributed by atoms with E-state index in [1.807, 2.05) is 55.5 Å². The van der Waals surface area contributed by atoms with Crippen LogP contribution in [0, 0.1) is 23.9 Å². The minimum Gasteiger partial charge on any atom is -0.508 e. The standard InChI is InChI=1S/C51H57NO9/c1-31-13-19-42-46-30-61-49-23-34(15-20-48(49)59-3)14-17-39(55)26-40(60-21-7-12-41-44(27-45(46)51(57)58)50(42)43(31)28-47(41)56)25-36-24-38(54)18-16-35(36)10-5-4-8-33-9-6-11-37(22-33)52-29-32(2)53/h6,9,11,13,15-16,18-20,22-24,27-28,31-32,35-36,40,51-54,56-58H,4-5,8,10,12,14,17,25-26,29-30H2,1-3H3. The molecule has 6 bridgehead atoms. The van der Waals surface area contributed by atoms with E-state index < -0.39 is 18.5 Å². The number of aryl methyl sites for hydroxylation is 2. The third-order valence-corrected chi connectivity index (χ3v) is 12.1. The topological polar surface area (TPSA) is 158 Å². The lowest BCUT2D eigenvalue weighted by Crippen LogP contribution is -2.24. The molecular formula is C51H57NO9. The van der Waals surface area contributed by atoms with Crippen molar-refractivity contribution in [3.63, 3.8) is 0 Å². The minimum absolute atomic E-state index is 0.00630. The van der Waals surface area contributed by atoms with Gasteiger partial charge in [0.1, 0.15) is 36.1 Å². The van der Waals surface area contributed by atoms with Gasteiger partial charge in [0.15, 0.2) is 17.8 Å². The molecule has 8 rings (SSSR count). The quantitative estimate of drug-likeness (QED) is 0.0463. The van der Waals surface area contributed by atoms with Crippen molar-refractivity contribution in [3.05, 3.63) is 124 Å². The lowest BCUT2D eigenvalue weighted by atomic mass is 9.80. The van der Waals surface area contributed by atoms with E-state index in [4.69, 9.17) is 14.2 Å². The number of hydrogen-bond donors (Lipinski definition) is 6. The molecule has 320 valence electrons. The van der Waals surface area contributed by atoms with E-state index in [9.17, 15) is 30.3 Å². The summed E-state index contributed by atoms with van der Waals surface area (Å²) in [5.41, 5.74) is 6.17. The SMILES string of the molecule is COc1ccc2cc1OCc1c(C(O)O)cc3c(c(O)cc4c3c1C=CC4C)CC#COC(CC1C=C(O)C=CC1CCCCc1cccc(NCC(C)O)c1)CC(=O)CC2. The summed E-state index contributed by atoms with van der Waals surface area (Å²) >= 11 is 0. The molecule has 4 aliphatic rings. The maximum Gasteiger partial charge on any atom is 0.178 e. The zero-order chi connectivity index (χ0) is 43.0. The van der Waals surface area contributed by atoms with Crippen molar-refractivity contribution in [1.82, 2.24) is 0 Å². The maximum absolute atomic E-state index is 13.7. The summed E-state index contributed by atoms with van der Waals surface area (Å²) in [6.07, 6.45) is 14.9. The molecule has 2 aliphatic carbocycles. The Kier molecular flexibility index (Phi) is 14.1. The Bertz CT molecular complexity index is 2380.